The smallest absolute Gasteiger partial charge is 0.336 e. The second kappa shape index (κ2) is 9.68. The van der Waals surface area contributed by atoms with E-state index >= 15 is 0 Å². The lowest BCUT2D eigenvalue weighted by molar-refractivity contribution is 0.0646. The molecule has 1 saturated carbocycles. The van der Waals surface area contributed by atoms with Crippen LogP contribution >= 0.6 is 23.2 Å². The van der Waals surface area contributed by atoms with Crippen molar-refractivity contribution in [2.75, 3.05) is 0 Å². The minimum atomic E-state index is -1.15. The topological polar surface area (TPSA) is 70.0 Å². The fraction of sp³-hybridized carbons (Fsp3) is 0.179. The summed E-state index contributed by atoms with van der Waals surface area (Å²) in [4.78, 5) is 25.6. The van der Waals surface area contributed by atoms with E-state index < -0.39 is 11.9 Å². The number of carboxylic acid groups (broad SMARTS) is 1. The predicted molar refractivity (Wildman–Crippen MR) is 138 cm³/mol. The summed E-state index contributed by atoms with van der Waals surface area (Å²) in [5, 5.41) is 17.2. The summed E-state index contributed by atoms with van der Waals surface area (Å²) in [7, 11) is 0. The van der Waals surface area contributed by atoms with Crippen LogP contribution in [0.1, 0.15) is 57.1 Å². The second-order valence-corrected chi connectivity index (χ2v) is 9.57. The van der Waals surface area contributed by atoms with Crippen LogP contribution in [-0.2, 0) is 0 Å². The highest BCUT2D eigenvalue weighted by molar-refractivity contribution is 6.30. The number of halogens is 2. The van der Waals surface area contributed by atoms with Crippen LogP contribution in [0, 0.1) is 5.92 Å². The molecule has 1 fully saturated rings. The number of aromatic carboxylic acids is 1. The van der Waals surface area contributed by atoms with E-state index in [1.54, 1.807) is 24.3 Å². The SMILES string of the molecule is O=C(O)c1ccccc1C(=O)N1N=C2/C(=C/c3ccc(Cl)cc3)CCC[C@@H]2[C@H]1c1ccc(Cl)cc1. The van der Waals surface area contributed by atoms with Crippen molar-refractivity contribution < 1.29 is 14.7 Å². The molecule has 1 heterocycles. The van der Waals surface area contributed by atoms with E-state index in [0.29, 0.717) is 10.0 Å². The third-order valence-electron chi connectivity index (χ3n) is 6.52. The Kier molecular flexibility index (Phi) is 6.46. The Hall–Kier alpha value is -3.41. The number of rotatable bonds is 4. The number of allylic oxidation sites excluding steroid dienone is 1. The lowest BCUT2D eigenvalue weighted by Crippen LogP contribution is -2.32. The van der Waals surface area contributed by atoms with Crippen LogP contribution in [0.4, 0.5) is 0 Å². The lowest BCUT2D eigenvalue weighted by Gasteiger charge is -2.30. The first-order valence-corrected chi connectivity index (χ1v) is 12.1. The van der Waals surface area contributed by atoms with Gasteiger partial charge in [0, 0.05) is 16.0 Å². The molecule has 0 saturated heterocycles. The summed E-state index contributed by atoms with van der Waals surface area (Å²) < 4.78 is 0. The second-order valence-electron chi connectivity index (χ2n) is 8.70. The van der Waals surface area contributed by atoms with Gasteiger partial charge >= 0.3 is 5.97 Å². The summed E-state index contributed by atoms with van der Waals surface area (Å²) >= 11 is 12.2. The van der Waals surface area contributed by atoms with E-state index in [0.717, 1.165) is 41.7 Å². The van der Waals surface area contributed by atoms with Crippen LogP contribution in [0.3, 0.4) is 0 Å². The van der Waals surface area contributed by atoms with Crippen molar-refractivity contribution in [3.05, 3.63) is 111 Å². The van der Waals surface area contributed by atoms with E-state index in [1.807, 2.05) is 36.4 Å². The van der Waals surface area contributed by atoms with Gasteiger partial charge in [-0.15, -0.1) is 0 Å². The third-order valence-corrected chi connectivity index (χ3v) is 7.02. The zero-order valence-corrected chi connectivity index (χ0v) is 20.2. The zero-order valence-electron chi connectivity index (χ0n) is 18.7. The molecule has 3 aromatic rings. The van der Waals surface area contributed by atoms with Crippen molar-refractivity contribution in [3.63, 3.8) is 0 Å². The van der Waals surface area contributed by atoms with Crippen LogP contribution < -0.4 is 0 Å². The maximum atomic E-state index is 13.8. The molecule has 3 aromatic carbocycles. The zero-order chi connectivity index (χ0) is 24.5. The quantitative estimate of drug-likeness (QED) is 0.410. The highest BCUT2D eigenvalue weighted by Crippen LogP contribution is 2.45. The monoisotopic (exact) mass is 504 g/mol. The first kappa shape index (κ1) is 23.3. The Balaban J connectivity index is 1.60. The van der Waals surface area contributed by atoms with Crippen molar-refractivity contribution in [2.45, 2.75) is 25.3 Å². The van der Waals surface area contributed by atoms with Crippen LogP contribution in [0.5, 0.6) is 0 Å². The molecule has 1 amide bonds. The number of carbonyl (C=O) groups excluding carboxylic acids is 1. The Morgan fingerprint density at radius 1 is 0.914 bits per heavy atom. The van der Waals surface area contributed by atoms with Gasteiger partial charge < -0.3 is 5.11 Å². The standard InChI is InChI=1S/C28H22Cl2N2O3/c29-20-12-8-17(9-13-20)16-19-4-3-7-24-25(19)31-32(26(24)18-10-14-21(30)15-11-18)27(33)22-5-1-2-6-23(22)28(34)35/h1-2,5-6,8-16,24,26H,3-4,7H2,(H,34,35)/b19-16+/t24-,26+/m0/s1. The summed E-state index contributed by atoms with van der Waals surface area (Å²) in [6, 6.07) is 20.9. The van der Waals surface area contributed by atoms with Gasteiger partial charge in [0.2, 0.25) is 0 Å². The average Bonchev–Trinajstić information content (AvgIpc) is 3.26. The number of hydrogen-bond acceptors (Lipinski definition) is 3. The molecule has 5 nitrogen and oxygen atoms in total. The number of fused-ring (bicyclic) bond motifs is 1. The molecule has 0 bridgehead atoms. The minimum absolute atomic E-state index is 0.00980. The number of amides is 1. The molecule has 176 valence electrons. The molecule has 0 radical (unpaired) electrons. The van der Waals surface area contributed by atoms with Crippen LogP contribution in [0.2, 0.25) is 10.0 Å². The summed E-state index contributed by atoms with van der Waals surface area (Å²) in [5.74, 6) is -1.59. The number of carbonyl (C=O) groups is 2. The van der Waals surface area contributed by atoms with Gasteiger partial charge in [-0.1, -0.05) is 59.6 Å². The number of hydrazone groups is 1. The van der Waals surface area contributed by atoms with Crippen molar-refractivity contribution in [3.8, 4) is 0 Å². The summed E-state index contributed by atoms with van der Waals surface area (Å²) in [5.41, 5.74) is 3.94. The molecule has 1 N–H and O–H groups in total. The molecule has 2 aliphatic rings. The van der Waals surface area contributed by atoms with E-state index in [4.69, 9.17) is 28.3 Å². The van der Waals surface area contributed by atoms with Crippen LogP contribution in [0.25, 0.3) is 6.08 Å². The Morgan fingerprint density at radius 2 is 1.54 bits per heavy atom. The molecule has 7 heteroatoms. The first-order chi connectivity index (χ1) is 16.9. The molecule has 5 rings (SSSR count). The van der Waals surface area contributed by atoms with E-state index in [-0.39, 0.29) is 23.1 Å². The first-order valence-electron chi connectivity index (χ1n) is 11.4. The van der Waals surface area contributed by atoms with Gasteiger partial charge in [0.05, 0.1) is 22.9 Å². The molecule has 0 unspecified atom stereocenters. The molecule has 1 aliphatic heterocycles. The highest BCUT2D eigenvalue weighted by Gasteiger charge is 2.44. The van der Waals surface area contributed by atoms with Gasteiger partial charge in [0.1, 0.15) is 0 Å². The summed E-state index contributed by atoms with van der Waals surface area (Å²) in [6.45, 7) is 0. The Bertz CT molecular complexity index is 1350. The third kappa shape index (κ3) is 4.62. The van der Waals surface area contributed by atoms with Crippen LogP contribution in [0.15, 0.2) is 83.5 Å². The fourth-order valence-corrected chi connectivity index (χ4v) is 5.15. The van der Waals surface area contributed by atoms with Gasteiger partial charge in [0.25, 0.3) is 5.91 Å². The number of carboxylic acids is 1. The van der Waals surface area contributed by atoms with Crippen molar-refractivity contribution in [2.24, 2.45) is 11.0 Å². The number of benzene rings is 3. The largest absolute Gasteiger partial charge is 0.478 e. The normalized spacial score (nSPS) is 20.5. The average molecular weight is 505 g/mol. The van der Waals surface area contributed by atoms with Crippen molar-refractivity contribution in [1.29, 1.82) is 0 Å². The fourth-order valence-electron chi connectivity index (χ4n) is 4.90. The maximum absolute atomic E-state index is 13.8. The predicted octanol–water partition coefficient (Wildman–Crippen LogP) is 7.13. The molecular formula is C28H22Cl2N2O3. The van der Waals surface area contributed by atoms with Gasteiger partial charge in [-0.25, -0.2) is 9.80 Å². The van der Waals surface area contributed by atoms with E-state index in [2.05, 4.69) is 6.08 Å². The molecule has 0 aromatic heterocycles. The van der Waals surface area contributed by atoms with Crippen molar-refractivity contribution >= 4 is 46.9 Å². The highest BCUT2D eigenvalue weighted by atomic mass is 35.5. The molecule has 2 atom stereocenters. The Labute approximate surface area is 213 Å². The molecule has 35 heavy (non-hydrogen) atoms. The van der Waals surface area contributed by atoms with Gasteiger partial charge in [-0.05, 0) is 78.4 Å². The van der Waals surface area contributed by atoms with Gasteiger partial charge in [-0.3, -0.25) is 4.79 Å². The Morgan fingerprint density at radius 3 is 2.20 bits per heavy atom. The molecule has 0 spiro atoms. The maximum Gasteiger partial charge on any atom is 0.336 e. The van der Waals surface area contributed by atoms with Crippen LogP contribution in [-0.4, -0.2) is 27.7 Å². The lowest BCUT2D eigenvalue weighted by atomic mass is 9.77. The number of hydrogen-bond donors (Lipinski definition) is 1. The van der Waals surface area contributed by atoms with E-state index in [9.17, 15) is 14.7 Å². The minimum Gasteiger partial charge on any atom is -0.478 e. The molecule has 1 aliphatic carbocycles. The van der Waals surface area contributed by atoms with Gasteiger partial charge in [0.15, 0.2) is 0 Å². The van der Waals surface area contributed by atoms with E-state index in [1.165, 1.54) is 17.1 Å². The van der Waals surface area contributed by atoms with Crippen molar-refractivity contribution in [1.82, 2.24) is 5.01 Å². The number of nitrogens with zero attached hydrogens (tertiary/aromatic N) is 2. The summed E-state index contributed by atoms with van der Waals surface area (Å²) in [6.07, 6.45) is 4.77. The van der Waals surface area contributed by atoms with Gasteiger partial charge in [-0.2, -0.15) is 5.10 Å². The molecular weight excluding hydrogens is 483 g/mol.